The van der Waals surface area contributed by atoms with Crippen LogP contribution in [0.3, 0.4) is 0 Å². The molecule has 3 rings (SSSR count). The fraction of sp³-hybridized carbons (Fsp3) is 0.286. The van der Waals surface area contributed by atoms with Gasteiger partial charge in [-0.1, -0.05) is 73.6 Å². The largest absolute Gasteiger partial charge is 0.325 e. The molecule has 0 aliphatic heterocycles. The van der Waals surface area contributed by atoms with Gasteiger partial charge in [-0.25, -0.2) is 0 Å². The van der Waals surface area contributed by atoms with E-state index in [0.717, 1.165) is 27.8 Å². The fourth-order valence-corrected chi connectivity index (χ4v) is 3.54. The van der Waals surface area contributed by atoms with Gasteiger partial charge in [-0.2, -0.15) is 0 Å². The topological polar surface area (TPSA) is 59.8 Å². The SMILES string of the molecule is Cc1ccc(-c2nnc(SCC(=O)Nc3ccccc3C(C)C)n2C)cc1. The number of nitrogens with zero attached hydrogens (tertiary/aromatic N) is 3. The minimum absolute atomic E-state index is 0.0482. The van der Waals surface area contributed by atoms with E-state index in [1.54, 1.807) is 0 Å². The Bertz CT molecular complexity index is 932. The van der Waals surface area contributed by atoms with E-state index in [2.05, 4.69) is 48.4 Å². The lowest BCUT2D eigenvalue weighted by molar-refractivity contribution is -0.113. The highest BCUT2D eigenvalue weighted by Crippen LogP contribution is 2.25. The number of para-hydroxylation sites is 1. The molecule has 0 radical (unpaired) electrons. The average Bonchev–Trinajstić information content (AvgIpc) is 3.01. The van der Waals surface area contributed by atoms with Crippen molar-refractivity contribution in [3.05, 3.63) is 59.7 Å². The predicted octanol–water partition coefficient (Wildman–Crippen LogP) is 4.64. The van der Waals surface area contributed by atoms with Gasteiger partial charge in [0.2, 0.25) is 5.91 Å². The lowest BCUT2D eigenvalue weighted by Gasteiger charge is -2.13. The third-order valence-electron chi connectivity index (χ3n) is 4.33. The van der Waals surface area contributed by atoms with Gasteiger partial charge in [0, 0.05) is 18.3 Å². The molecule has 0 atom stereocenters. The smallest absolute Gasteiger partial charge is 0.234 e. The second-order valence-electron chi connectivity index (χ2n) is 6.81. The van der Waals surface area contributed by atoms with E-state index < -0.39 is 0 Å². The Morgan fingerprint density at radius 2 is 1.81 bits per heavy atom. The summed E-state index contributed by atoms with van der Waals surface area (Å²) in [6, 6.07) is 16.1. The normalized spacial score (nSPS) is 11.0. The number of aromatic nitrogens is 3. The van der Waals surface area contributed by atoms with Crippen LogP contribution in [-0.2, 0) is 11.8 Å². The lowest BCUT2D eigenvalue weighted by atomic mass is 10.0. The minimum atomic E-state index is -0.0482. The third-order valence-corrected chi connectivity index (χ3v) is 5.35. The fourth-order valence-electron chi connectivity index (χ4n) is 2.83. The first-order valence-electron chi connectivity index (χ1n) is 8.93. The predicted molar refractivity (Wildman–Crippen MR) is 111 cm³/mol. The first-order valence-corrected chi connectivity index (χ1v) is 9.92. The number of carbonyl (C=O) groups is 1. The molecule has 1 heterocycles. The maximum atomic E-state index is 12.4. The van der Waals surface area contributed by atoms with Crippen molar-refractivity contribution in [2.75, 3.05) is 11.1 Å². The Morgan fingerprint density at radius 3 is 2.52 bits per heavy atom. The second kappa shape index (κ2) is 8.39. The molecule has 2 aromatic carbocycles. The van der Waals surface area contributed by atoms with Gasteiger partial charge in [0.25, 0.3) is 0 Å². The van der Waals surface area contributed by atoms with Crippen LogP contribution in [0.5, 0.6) is 0 Å². The molecule has 0 saturated heterocycles. The van der Waals surface area contributed by atoms with Crippen LogP contribution in [0, 0.1) is 6.92 Å². The van der Waals surface area contributed by atoms with Crippen LogP contribution in [0.1, 0.15) is 30.9 Å². The van der Waals surface area contributed by atoms with Crippen molar-refractivity contribution in [3.8, 4) is 11.4 Å². The molecule has 140 valence electrons. The highest BCUT2D eigenvalue weighted by Gasteiger charge is 2.14. The van der Waals surface area contributed by atoms with Crippen LogP contribution >= 0.6 is 11.8 Å². The van der Waals surface area contributed by atoms with Crippen molar-refractivity contribution in [1.29, 1.82) is 0 Å². The zero-order valence-electron chi connectivity index (χ0n) is 16.1. The first-order chi connectivity index (χ1) is 13.0. The molecule has 1 amide bonds. The van der Waals surface area contributed by atoms with Crippen LogP contribution in [0.4, 0.5) is 5.69 Å². The van der Waals surface area contributed by atoms with Crippen LogP contribution in [0.25, 0.3) is 11.4 Å². The first kappa shape index (κ1) is 19.2. The summed E-state index contributed by atoms with van der Waals surface area (Å²) in [4.78, 5) is 12.4. The van der Waals surface area contributed by atoms with Crippen molar-refractivity contribution in [1.82, 2.24) is 14.8 Å². The molecule has 0 spiro atoms. The third kappa shape index (κ3) is 4.57. The molecule has 1 aromatic heterocycles. The van der Waals surface area contributed by atoms with Crippen molar-refractivity contribution in [3.63, 3.8) is 0 Å². The molecule has 0 fully saturated rings. The number of anilines is 1. The van der Waals surface area contributed by atoms with Crippen LogP contribution in [-0.4, -0.2) is 26.4 Å². The van der Waals surface area contributed by atoms with Gasteiger partial charge in [-0.05, 0) is 24.5 Å². The van der Waals surface area contributed by atoms with E-state index in [9.17, 15) is 4.79 Å². The number of amides is 1. The van der Waals surface area contributed by atoms with Crippen molar-refractivity contribution >= 4 is 23.4 Å². The van der Waals surface area contributed by atoms with Gasteiger partial charge in [0.15, 0.2) is 11.0 Å². The molecule has 27 heavy (non-hydrogen) atoms. The molecular formula is C21H24N4OS. The summed E-state index contributed by atoms with van der Waals surface area (Å²) < 4.78 is 1.92. The van der Waals surface area contributed by atoms with Gasteiger partial charge < -0.3 is 9.88 Å². The number of thioether (sulfide) groups is 1. The van der Waals surface area contributed by atoms with E-state index in [4.69, 9.17) is 0 Å². The molecule has 0 unspecified atom stereocenters. The number of aryl methyl sites for hydroxylation is 1. The zero-order valence-corrected chi connectivity index (χ0v) is 16.9. The van der Waals surface area contributed by atoms with E-state index >= 15 is 0 Å². The lowest BCUT2D eigenvalue weighted by Crippen LogP contribution is -2.16. The van der Waals surface area contributed by atoms with Crippen molar-refractivity contribution < 1.29 is 4.79 Å². The Balaban J connectivity index is 1.65. The molecule has 0 saturated carbocycles. The van der Waals surface area contributed by atoms with Gasteiger partial charge in [0.1, 0.15) is 0 Å². The van der Waals surface area contributed by atoms with Crippen LogP contribution < -0.4 is 5.32 Å². The van der Waals surface area contributed by atoms with Gasteiger partial charge in [0.05, 0.1) is 5.75 Å². The molecular weight excluding hydrogens is 356 g/mol. The zero-order chi connectivity index (χ0) is 19.4. The summed E-state index contributed by atoms with van der Waals surface area (Å²) in [6.07, 6.45) is 0. The van der Waals surface area contributed by atoms with E-state index in [-0.39, 0.29) is 11.7 Å². The molecule has 1 N–H and O–H groups in total. The van der Waals surface area contributed by atoms with E-state index in [1.807, 2.05) is 48.0 Å². The summed E-state index contributed by atoms with van der Waals surface area (Å²) in [6.45, 7) is 6.29. The molecule has 6 heteroatoms. The molecule has 0 aliphatic rings. The van der Waals surface area contributed by atoms with Crippen LogP contribution in [0.2, 0.25) is 0 Å². The van der Waals surface area contributed by atoms with Crippen LogP contribution in [0.15, 0.2) is 53.7 Å². The molecule has 0 bridgehead atoms. The summed E-state index contributed by atoms with van der Waals surface area (Å²) in [7, 11) is 1.92. The van der Waals surface area contributed by atoms with E-state index in [0.29, 0.717) is 5.92 Å². The number of carbonyl (C=O) groups excluding carboxylic acids is 1. The van der Waals surface area contributed by atoms with E-state index in [1.165, 1.54) is 17.3 Å². The van der Waals surface area contributed by atoms with Gasteiger partial charge in [-0.3, -0.25) is 4.79 Å². The Morgan fingerprint density at radius 1 is 1.11 bits per heavy atom. The second-order valence-corrected chi connectivity index (χ2v) is 7.75. The standard InChI is InChI=1S/C21H24N4OS/c1-14(2)17-7-5-6-8-18(17)22-19(26)13-27-21-24-23-20(25(21)4)16-11-9-15(3)10-12-16/h5-12,14H,13H2,1-4H3,(H,22,26). The number of hydrogen-bond donors (Lipinski definition) is 1. The van der Waals surface area contributed by atoms with Gasteiger partial charge in [-0.15, -0.1) is 10.2 Å². The highest BCUT2D eigenvalue weighted by molar-refractivity contribution is 7.99. The summed E-state index contributed by atoms with van der Waals surface area (Å²) >= 11 is 1.38. The molecule has 3 aromatic rings. The minimum Gasteiger partial charge on any atom is -0.325 e. The number of hydrogen-bond acceptors (Lipinski definition) is 4. The highest BCUT2D eigenvalue weighted by atomic mass is 32.2. The van der Waals surface area contributed by atoms with Crippen molar-refractivity contribution in [2.24, 2.45) is 7.05 Å². The molecule has 0 aliphatic carbocycles. The van der Waals surface area contributed by atoms with Crippen molar-refractivity contribution in [2.45, 2.75) is 31.8 Å². The quantitative estimate of drug-likeness (QED) is 0.633. The summed E-state index contributed by atoms with van der Waals surface area (Å²) in [5, 5.41) is 12.2. The average molecular weight is 381 g/mol. The Kier molecular flexibility index (Phi) is 5.96. The number of nitrogens with one attached hydrogen (secondary N) is 1. The Hall–Kier alpha value is -2.60. The monoisotopic (exact) mass is 380 g/mol. The summed E-state index contributed by atoms with van der Waals surface area (Å²) in [5.41, 5.74) is 4.22. The Labute approximate surface area is 164 Å². The number of benzene rings is 2. The molecule has 5 nitrogen and oxygen atoms in total. The van der Waals surface area contributed by atoms with Gasteiger partial charge >= 0.3 is 0 Å². The number of rotatable bonds is 6. The summed E-state index contributed by atoms with van der Waals surface area (Å²) in [5.74, 6) is 1.38. The maximum absolute atomic E-state index is 12.4. The maximum Gasteiger partial charge on any atom is 0.234 e.